The Bertz CT molecular complexity index is 1330. The number of rotatable bonds is 10. The van der Waals surface area contributed by atoms with Gasteiger partial charge >= 0.3 is 5.97 Å². The number of carboxylic acids is 1. The number of carboxylic acid groups (broad SMARTS) is 1. The smallest absolute Gasteiger partial charge is 0.308 e. The summed E-state index contributed by atoms with van der Waals surface area (Å²) >= 11 is 0. The molecule has 1 aliphatic heterocycles. The molecule has 1 aliphatic rings. The van der Waals surface area contributed by atoms with Crippen LogP contribution in [0.3, 0.4) is 0 Å². The second kappa shape index (κ2) is 12.9. The van der Waals surface area contributed by atoms with Gasteiger partial charge in [-0.15, -0.1) is 0 Å². The van der Waals surface area contributed by atoms with E-state index in [1.807, 2.05) is 67.5 Å². The van der Waals surface area contributed by atoms with Crippen molar-refractivity contribution in [2.45, 2.75) is 12.8 Å². The normalized spacial score (nSPS) is 13.4. The van der Waals surface area contributed by atoms with Gasteiger partial charge in [0.2, 0.25) is 5.91 Å². The van der Waals surface area contributed by atoms with Crippen LogP contribution < -0.4 is 19.9 Å². The zero-order valence-electron chi connectivity index (χ0n) is 22.4. The second-order valence-corrected chi connectivity index (χ2v) is 9.27. The van der Waals surface area contributed by atoms with Crippen LogP contribution in [-0.4, -0.2) is 74.5 Å². The first kappa shape index (κ1) is 27.6. The minimum atomic E-state index is -0.931. The molecule has 0 atom stereocenters. The maximum atomic E-state index is 12.4. The topological polar surface area (TPSA) is 117 Å². The summed E-state index contributed by atoms with van der Waals surface area (Å²) in [6, 6.07) is 15.0. The van der Waals surface area contributed by atoms with Crippen LogP contribution in [0, 0.1) is 0 Å². The molecule has 0 radical (unpaired) electrons. The van der Waals surface area contributed by atoms with Crippen molar-refractivity contribution >= 4 is 35.3 Å². The molecule has 0 spiro atoms. The van der Waals surface area contributed by atoms with Crippen molar-refractivity contribution in [3.05, 3.63) is 77.1 Å². The highest BCUT2D eigenvalue weighted by Crippen LogP contribution is 2.29. The molecule has 0 saturated carbocycles. The number of methoxy groups -OCH3 is 1. The van der Waals surface area contributed by atoms with Crippen molar-refractivity contribution in [2.24, 2.45) is 0 Å². The molecule has 2 N–H and O–H groups in total. The number of nitrogens with one attached hydrogen (secondary N) is 1. The number of morpholine rings is 1. The molecule has 3 aromatic rings. The number of anilines is 3. The lowest BCUT2D eigenvalue weighted by atomic mass is 10.1. The maximum Gasteiger partial charge on any atom is 0.308 e. The number of carbonyl (C=O) groups is 2. The van der Waals surface area contributed by atoms with Crippen LogP contribution in [0.15, 0.2) is 54.6 Å². The number of hydrogen-bond acceptors (Lipinski definition) is 8. The summed E-state index contributed by atoms with van der Waals surface area (Å²) in [7, 11) is 5.29. The van der Waals surface area contributed by atoms with E-state index in [0.717, 1.165) is 11.1 Å². The number of benzene rings is 2. The Hall–Kier alpha value is -4.44. The standard InChI is InChI=1S/C29H33N5O5/c1-33(2)28-23(19-27(36)37)29(34-14-16-39-17-15-34)32-25(31-28)18-20-8-11-22(12-9-20)30-26(35)13-10-21-6-4-5-7-24(21)38-3/h4-13H,14-19H2,1-3H3,(H,30,35)(H,36,37). The number of para-hydroxylation sites is 1. The van der Waals surface area contributed by atoms with E-state index in [1.54, 1.807) is 13.2 Å². The van der Waals surface area contributed by atoms with Gasteiger partial charge in [-0.2, -0.15) is 0 Å². The monoisotopic (exact) mass is 531 g/mol. The number of hydrogen-bond donors (Lipinski definition) is 2. The summed E-state index contributed by atoms with van der Waals surface area (Å²) in [5.74, 6) is 1.33. The minimum Gasteiger partial charge on any atom is -0.496 e. The first-order valence-corrected chi connectivity index (χ1v) is 12.7. The van der Waals surface area contributed by atoms with E-state index in [0.29, 0.717) is 67.2 Å². The molecule has 1 fully saturated rings. The van der Waals surface area contributed by atoms with Crippen LogP contribution in [0.4, 0.5) is 17.3 Å². The molecular formula is C29H33N5O5. The van der Waals surface area contributed by atoms with Gasteiger partial charge in [-0.05, 0) is 29.8 Å². The van der Waals surface area contributed by atoms with Gasteiger partial charge in [0, 0.05) is 56.5 Å². The van der Waals surface area contributed by atoms with Crippen molar-refractivity contribution in [2.75, 3.05) is 62.6 Å². The molecule has 2 aromatic carbocycles. The van der Waals surface area contributed by atoms with E-state index in [2.05, 4.69) is 10.2 Å². The molecule has 1 aromatic heterocycles. The Balaban J connectivity index is 1.50. The van der Waals surface area contributed by atoms with Crippen LogP contribution in [0.2, 0.25) is 0 Å². The third-order valence-corrected chi connectivity index (χ3v) is 6.21. The zero-order valence-corrected chi connectivity index (χ0v) is 22.4. The average Bonchev–Trinajstić information content (AvgIpc) is 2.93. The Labute approximate surface area is 227 Å². The fourth-order valence-corrected chi connectivity index (χ4v) is 4.34. The van der Waals surface area contributed by atoms with Crippen molar-refractivity contribution < 1.29 is 24.2 Å². The predicted molar refractivity (Wildman–Crippen MR) is 151 cm³/mol. The van der Waals surface area contributed by atoms with Gasteiger partial charge in [0.1, 0.15) is 23.2 Å². The summed E-state index contributed by atoms with van der Waals surface area (Å²) in [5, 5.41) is 12.4. The fraction of sp³-hybridized carbons (Fsp3) is 0.310. The van der Waals surface area contributed by atoms with Crippen LogP contribution in [0.5, 0.6) is 5.75 Å². The van der Waals surface area contributed by atoms with Gasteiger partial charge in [0.05, 0.1) is 26.7 Å². The van der Waals surface area contributed by atoms with Gasteiger partial charge in [0.25, 0.3) is 0 Å². The number of amides is 1. The molecule has 0 unspecified atom stereocenters. The van der Waals surface area contributed by atoms with Crippen molar-refractivity contribution in [3.63, 3.8) is 0 Å². The van der Waals surface area contributed by atoms with Crippen LogP contribution in [0.1, 0.15) is 22.5 Å². The van der Waals surface area contributed by atoms with Gasteiger partial charge < -0.3 is 29.7 Å². The number of nitrogens with zero attached hydrogens (tertiary/aromatic N) is 4. The highest BCUT2D eigenvalue weighted by Gasteiger charge is 2.24. The van der Waals surface area contributed by atoms with Gasteiger partial charge in [-0.3, -0.25) is 9.59 Å². The Morgan fingerprint density at radius 3 is 2.49 bits per heavy atom. The van der Waals surface area contributed by atoms with Crippen LogP contribution in [0.25, 0.3) is 6.08 Å². The highest BCUT2D eigenvalue weighted by atomic mass is 16.5. The molecule has 204 valence electrons. The molecule has 0 aliphatic carbocycles. The van der Waals surface area contributed by atoms with Crippen molar-refractivity contribution in [3.8, 4) is 5.75 Å². The number of carbonyl (C=O) groups excluding carboxylic acids is 1. The quantitative estimate of drug-likeness (QED) is 0.380. The number of ether oxygens (including phenoxy) is 2. The van der Waals surface area contributed by atoms with E-state index in [9.17, 15) is 14.7 Å². The average molecular weight is 532 g/mol. The lowest BCUT2D eigenvalue weighted by Gasteiger charge is -2.31. The Morgan fingerprint density at radius 2 is 1.82 bits per heavy atom. The summed E-state index contributed by atoms with van der Waals surface area (Å²) < 4.78 is 10.8. The molecule has 1 amide bonds. The maximum absolute atomic E-state index is 12.4. The van der Waals surface area contributed by atoms with Crippen LogP contribution >= 0.6 is 0 Å². The summed E-state index contributed by atoms with van der Waals surface area (Å²) in [6.07, 6.45) is 3.46. The summed E-state index contributed by atoms with van der Waals surface area (Å²) in [5.41, 5.74) is 3.03. The minimum absolute atomic E-state index is 0.166. The predicted octanol–water partition coefficient (Wildman–Crippen LogP) is 3.26. The molecule has 4 rings (SSSR count). The second-order valence-electron chi connectivity index (χ2n) is 9.27. The summed E-state index contributed by atoms with van der Waals surface area (Å²) in [6.45, 7) is 2.39. The van der Waals surface area contributed by atoms with Crippen LogP contribution in [-0.2, 0) is 27.2 Å². The van der Waals surface area contributed by atoms with E-state index in [-0.39, 0.29) is 12.3 Å². The molecule has 0 bridgehead atoms. The van der Waals surface area contributed by atoms with Crippen molar-refractivity contribution in [1.82, 2.24) is 9.97 Å². The molecular weight excluding hydrogens is 498 g/mol. The van der Waals surface area contributed by atoms with Gasteiger partial charge in [-0.25, -0.2) is 9.97 Å². The molecule has 39 heavy (non-hydrogen) atoms. The largest absolute Gasteiger partial charge is 0.496 e. The van der Waals surface area contributed by atoms with Crippen molar-refractivity contribution in [1.29, 1.82) is 0 Å². The third-order valence-electron chi connectivity index (χ3n) is 6.21. The van der Waals surface area contributed by atoms with E-state index >= 15 is 0 Å². The molecule has 2 heterocycles. The van der Waals surface area contributed by atoms with Gasteiger partial charge in [0.15, 0.2) is 0 Å². The Morgan fingerprint density at radius 1 is 1.10 bits per heavy atom. The fourth-order valence-electron chi connectivity index (χ4n) is 4.34. The highest BCUT2D eigenvalue weighted by molar-refractivity contribution is 6.02. The number of aromatic nitrogens is 2. The Kier molecular flexibility index (Phi) is 9.11. The first-order chi connectivity index (χ1) is 18.8. The molecule has 1 saturated heterocycles. The lowest BCUT2D eigenvalue weighted by Crippen LogP contribution is -2.38. The number of aliphatic carboxylic acids is 1. The molecule has 10 nitrogen and oxygen atoms in total. The van der Waals surface area contributed by atoms with E-state index in [4.69, 9.17) is 19.4 Å². The lowest BCUT2D eigenvalue weighted by molar-refractivity contribution is -0.136. The zero-order chi connectivity index (χ0) is 27.8. The SMILES string of the molecule is COc1ccccc1C=CC(=O)Nc1ccc(Cc2nc(N(C)C)c(CC(=O)O)c(N3CCOCC3)n2)cc1. The van der Waals surface area contributed by atoms with E-state index < -0.39 is 5.97 Å². The third kappa shape index (κ3) is 7.32. The summed E-state index contributed by atoms with van der Waals surface area (Å²) in [4.78, 5) is 37.5. The van der Waals surface area contributed by atoms with Gasteiger partial charge in [-0.1, -0.05) is 30.3 Å². The molecule has 10 heteroatoms. The van der Waals surface area contributed by atoms with E-state index in [1.165, 1.54) is 6.08 Å². The first-order valence-electron chi connectivity index (χ1n) is 12.7.